The van der Waals surface area contributed by atoms with Gasteiger partial charge in [-0.3, -0.25) is 9.78 Å². The summed E-state index contributed by atoms with van der Waals surface area (Å²) in [5.41, 5.74) is 0.728. The predicted molar refractivity (Wildman–Crippen MR) is 76.4 cm³/mol. The van der Waals surface area contributed by atoms with Gasteiger partial charge < -0.3 is 15.0 Å². The van der Waals surface area contributed by atoms with Gasteiger partial charge in [0.2, 0.25) is 0 Å². The van der Waals surface area contributed by atoms with Crippen molar-refractivity contribution in [1.82, 2.24) is 9.88 Å². The van der Waals surface area contributed by atoms with Gasteiger partial charge in [0, 0.05) is 12.7 Å². The number of pyridine rings is 1. The Hall–Kier alpha value is -1.46. The third-order valence-corrected chi connectivity index (χ3v) is 4.30. The van der Waals surface area contributed by atoms with Crippen LogP contribution in [0.3, 0.4) is 0 Å². The normalized spacial score (nSPS) is 29.9. The van der Waals surface area contributed by atoms with E-state index in [1.165, 1.54) is 0 Å². The fourth-order valence-electron chi connectivity index (χ4n) is 3.11. The molecule has 2 aliphatic heterocycles. The molecule has 1 aromatic heterocycles. The first-order chi connectivity index (χ1) is 9.76. The summed E-state index contributed by atoms with van der Waals surface area (Å²) in [6, 6.07) is 3.65. The van der Waals surface area contributed by atoms with Crippen molar-refractivity contribution in [3.8, 4) is 0 Å². The van der Waals surface area contributed by atoms with Crippen molar-refractivity contribution in [2.45, 2.75) is 32.0 Å². The summed E-state index contributed by atoms with van der Waals surface area (Å²) in [7, 11) is 0. The first-order valence-corrected chi connectivity index (χ1v) is 7.35. The highest BCUT2D eigenvalue weighted by molar-refractivity contribution is 5.94. The number of ether oxygens (including phenoxy) is 1. The van der Waals surface area contributed by atoms with Crippen LogP contribution in [-0.2, 0) is 9.53 Å². The molecule has 108 valence electrons. The molecule has 0 radical (unpaired) electrons. The van der Waals surface area contributed by atoms with E-state index in [-0.39, 0.29) is 18.1 Å². The largest absolute Gasteiger partial charge is 0.364 e. The lowest BCUT2D eigenvalue weighted by Crippen LogP contribution is -2.42. The minimum absolute atomic E-state index is 0.0459. The predicted octanol–water partition coefficient (Wildman–Crippen LogP) is 1.52. The van der Waals surface area contributed by atoms with Gasteiger partial charge >= 0.3 is 0 Å². The number of anilines is 1. The third-order valence-electron chi connectivity index (χ3n) is 4.30. The van der Waals surface area contributed by atoms with Gasteiger partial charge in [-0.05, 0) is 44.0 Å². The zero-order chi connectivity index (χ0) is 13.9. The van der Waals surface area contributed by atoms with Gasteiger partial charge in [0.1, 0.15) is 6.10 Å². The molecule has 5 nitrogen and oxygen atoms in total. The fourth-order valence-corrected chi connectivity index (χ4v) is 3.11. The Kier molecular flexibility index (Phi) is 3.98. The van der Waals surface area contributed by atoms with Crippen molar-refractivity contribution >= 4 is 11.6 Å². The zero-order valence-electron chi connectivity index (χ0n) is 11.8. The summed E-state index contributed by atoms with van der Waals surface area (Å²) in [6.07, 6.45) is 5.22. The monoisotopic (exact) mass is 275 g/mol. The second-order valence-corrected chi connectivity index (χ2v) is 5.57. The maximum atomic E-state index is 12.2. The Morgan fingerprint density at radius 3 is 3.25 bits per heavy atom. The number of nitrogens with zero attached hydrogens (tertiary/aromatic N) is 2. The maximum Gasteiger partial charge on any atom is 0.253 e. The molecule has 0 spiro atoms. The molecule has 3 rings (SSSR count). The zero-order valence-corrected chi connectivity index (χ0v) is 11.8. The van der Waals surface area contributed by atoms with Crippen LogP contribution < -0.4 is 5.32 Å². The number of nitrogens with one attached hydrogen (secondary N) is 1. The van der Waals surface area contributed by atoms with E-state index < -0.39 is 0 Å². The summed E-state index contributed by atoms with van der Waals surface area (Å²) < 4.78 is 5.96. The van der Waals surface area contributed by atoms with E-state index >= 15 is 0 Å². The number of hydrogen-bond donors (Lipinski definition) is 1. The highest BCUT2D eigenvalue weighted by atomic mass is 16.5. The lowest BCUT2D eigenvalue weighted by atomic mass is 9.91. The van der Waals surface area contributed by atoms with Crippen LogP contribution in [0.15, 0.2) is 24.5 Å². The molecule has 1 amide bonds. The van der Waals surface area contributed by atoms with Crippen LogP contribution in [0.25, 0.3) is 0 Å². The number of rotatable bonds is 3. The summed E-state index contributed by atoms with van der Waals surface area (Å²) in [5.74, 6) is 0.484. The summed E-state index contributed by atoms with van der Waals surface area (Å²) >= 11 is 0. The molecule has 20 heavy (non-hydrogen) atoms. The molecular formula is C15H21N3O2. The van der Waals surface area contributed by atoms with E-state index in [1.807, 2.05) is 12.1 Å². The molecule has 2 aliphatic rings. The highest BCUT2D eigenvalue weighted by Crippen LogP contribution is 2.33. The molecule has 1 N–H and O–H groups in total. The number of piperidine rings is 1. The second kappa shape index (κ2) is 5.89. The van der Waals surface area contributed by atoms with Crippen LogP contribution in [0.5, 0.6) is 0 Å². The Bertz CT molecular complexity index is 465. The van der Waals surface area contributed by atoms with Gasteiger partial charge in [-0.25, -0.2) is 0 Å². The molecule has 5 heteroatoms. The molecule has 1 aromatic rings. The smallest absolute Gasteiger partial charge is 0.253 e. The van der Waals surface area contributed by atoms with E-state index in [0.29, 0.717) is 5.92 Å². The molecule has 2 saturated heterocycles. The van der Waals surface area contributed by atoms with Crippen LogP contribution in [-0.4, -0.2) is 47.6 Å². The molecule has 0 aromatic carbocycles. The van der Waals surface area contributed by atoms with Gasteiger partial charge in [-0.15, -0.1) is 0 Å². The van der Waals surface area contributed by atoms with Crippen molar-refractivity contribution in [2.24, 2.45) is 5.92 Å². The third kappa shape index (κ3) is 2.83. The number of carbonyl (C=O) groups is 1. The number of carbonyl (C=O) groups excluding carboxylic acids is 1. The van der Waals surface area contributed by atoms with Crippen molar-refractivity contribution in [2.75, 3.05) is 25.0 Å². The van der Waals surface area contributed by atoms with E-state index in [1.54, 1.807) is 12.4 Å². The van der Waals surface area contributed by atoms with Crippen LogP contribution in [0.4, 0.5) is 5.69 Å². The van der Waals surface area contributed by atoms with Gasteiger partial charge in [0.05, 0.1) is 18.0 Å². The molecule has 0 unspecified atom stereocenters. The topological polar surface area (TPSA) is 54.5 Å². The Morgan fingerprint density at radius 1 is 1.60 bits per heavy atom. The van der Waals surface area contributed by atoms with Crippen molar-refractivity contribution < 1.29 is 9.53 Å². The maximum absolute atomic E-state index is 12.2. The van der Waals surface area contributed by atoms with Crippen LogP contribution in [0.2, 0.25) is 0 Å². The van der Waals surface area contributed by atoms with Gasteiger partial charge in [-0.2, -0.15) is 0 Å². The SMILES string of the molecule is CCN1CC[C@@H]2C[C@@H](C(=O)Nc3cccnc3)O[C@H]2C1. The second-order valence-electron chi connectivity index (χ2n) is 5.57. The highest BCUT2D eigenvalue weighted by Gasteiger charge is 2.41. The van der Waals surface area contributed by atoms with Crippen LogP contribution in [0.1, 0.15) is 19.8 Å². The van der Waals surface area contributed by atoms with Crippen LogP contribution in [0, 0.1) is 5.92 Å². The van der Waals surface area contributed by atoms with Gasteiger partial charge in [0.15, 0.2) is 0 Å². The van der Waals surface area contributed by atoms with Crippen molar-refractivity contribution in [3.63, 3.8) is 0 Å². The molecular weight excluding hydrogens is 254 g/mol. The van der Waals surface area contributed by atoms with E-state index in [9.17, 15) is 4.79 Å². The number of fused-ring (bicyclic) bond motifs is 1. The number of likely N-dealkylation sites (tertiary alicyclic amines) is 1. The molecule has 0 saturated carbocycles. The molecule has 0 aliphatic carbocycles. The molecule has 0 bridgehead atoms. The number of likely N-dealkylation sites (N-methyl/N-ethyl adjacent to an activating group) is 1. The average Bonchev–Trinajstić information content (AvgIpc) is 2.91. The molecule has 2 fully saturated rings. The lowest BCUT2D eigenvalue weighted by Gasteiger charge is -2.33. The first kappa shape index (κ1) is 13.5. The lowest BCUT2D eigenvalue weighted by molar-refractivity contribution is -0.127. The number of hydrogen-bond acceptors (Lipinski definition) is 4. The van der Waals surface area contributed by atoms with Gasteiger partial charge in [-0.1, -0.05) is 6.92 Å². The number of aromatic nitrogens is 1. The molecule has 3 heterocycles. The Labute approximate surface area is 119 Å². The van der Waals surface area contributed by atoms with Crippen molar-refractivity contribution in [3.05, 3.63) is 24.5 Å². The quantitative estimate of drug-likeness (QED) is 0.908. The average molecular weight is 275 g/mol. The fraction of sp³-hybridized carbons (Fsp3) is 0.600. The summed E-state index contributed by atoms with van der Waals surface area (Å²) in [6.45, 7) is 5.30. The van der Waals surface area contributed by atoms with E-state index in [2.05, 4.69) is 22.1 Å². The summed E-state index contributed by atoms with van der Waals surface area (Å²) in [4.78, 5) is 18.6. The Morgan fingerprint density at radius 2 is 2.50 bits per heavy atom. The Balaban J connectivity index is 1.58. The van der Waals surface area contributed by atoms with Crippen molar-refractivity contribution in [1.29, 1.82) is 0 Å². The minimum Gasteiger partial charge on any atom is -0.364 e. The molecule has 3 atom stereocenters. The minimum atomic E-state index is -0.318. The van der Waals surface area contributed by atoms with Crippen LogP contribution >= 0.6 is 0 Å². The first-order valence-electron chi connectivity index (χ1n) is 7.35. The van der Waals surface area contributed by atoms with Gasteiger partial charge in [0.25, 0.3) is 5.91 Å². The van der Waals surface area contributed by atoms with E-state index in [0.717, 1.165) is 38.2 Å². The standard InChI is InChI=1S/C15H21N3O2/c1-2-18-7-5-11-8-13(20-14(11)10-18)15(19)17-12-4-3-6-16-9-12/h3-4,6,9,11,13-14H,2,5,7-8,10H2,1H3,(H,17,19)/t11-,13+,14+/m1/s1. The number of amides is 1. The van der Waals surface area contributed by atoms with E-state index in [4.69, 9.17) is 4.74 Å². The summed E-state index contributed by atoms with van der Waals surface area (Å²) in [5, 5.41) is 2.88.